The number of nitrogens with zero attached hydrogens (tertiary/aromatic N) is 1. The van der Waals surface area contributed by atoms with Crippen LogP contribution in [0.5, 0.6) is 0 Å². The molecule has 2 heterocycles. The van der Waals surface area contributed by atoms with Crippen LogP contribution in [-0.4, -0.2) is 0 Å². The number of pyridine rings is 1. The predicted octanol–water partition coefficient (Wildman–Crippen LogP) is 11.7. The zero-order chi connectivity index (χ0) is 33.8. The molecule has 1 nitrogen and oxygen atoms in total. The van der Waals surface area contributed by atoms with Crippen molar-refractivity contribution in [3.05, 3.63) is 172 Å². The maximum Gasteiger partial charge on any atom is 0.213 e. The number of benzene rings is 5. The number of aromatic nitrogens is 1. The molecule has 49 heavy (non-hydrogen) atoms. The van der Waals surface area contributed by atoms with Crippen molar-refractivity contribution in [1.29, 1.82) is 0 Å². The molecular formula is C48H44N+. The smallest absolute Gasteiger partial charge is 0.192 e. The van der Waals surface area contributed by atoms with Crippen LogP contribution in [0.4, 0.5) is 0 Å². The summed E-state index contributed by atoms with van der Waals surface area (Å²) in [6.45, 7) is 18.0. The first-order chi connectivity index (χ1) is 23.8. The van der Waals surface area contributed by atoms with E-state index in [0.717, 1.165) is 12.8 Å². The van der Waals surface area contributed by atoms with Crippen LogP contribution in [0.2, 0.25) is 0 Å². The molecule has 1 heteroatoms. The van der Waals surface area contributed by atoms with Crippen LogP contribution in [0.15, 0.2) is 122 Å². The number of allylic oxidation sites excluding steroid dienone is 1. The van der Waals surface area contributed by atoms with E-state index in [4.69, 9.17) is 0 Å². The lowest BCUT2D eigenvalue weighted by atomic mass is 9.69. The van der Waals surface area contributed by atoms with Crippen LogP contribution < -0.4 is 4.57 Å². The number of fused-ring (bicyclic) bond motifs is 13. The van der Waals surface area contributed by atoms with Crippen LogP contribution >= 0.6 is 0 Å². The monoisotopic (exact) mass is 634 g/mol. The molecule has 0 N–H and O–H groups in total. The second-order valence-corrected chi connectivity index (χ2v) is 14.8. The van der Waals surface area contributed by atoms with Gasteiger partial charge in [-0.15, -0.1) is 6.58 Å². The molecule has 240 valence electrons. The molecule has 0 saturated carbocycles. The first-order valence-electron chi connectivity index (χ1n) is 18.0. The molecule has 1 unspecified atom stereocenters. The molecule has 3 aliphatic rings. The third-order valence-corrected chi connectivity index (χ3v) is 12.8. The van der Waals surface area contributed by atoms with Crippen LogP contribution in [0, 0.1) is 27.7 Å². The van der Waals surface area contributed by atoms with Crippen molar-refractivity contribution in [1.82, 2.24) is 0 Å². The molecule has 1 atom stereocenters. The van der Waals surface area contributed by atoms with E-state index in [1.165, 1.54) is 94.7 Å². The Bertz CT molecular complexity index is 2320. The summed E-state index contributed by atoms with van der Waals surface area (Å²) in [5.74, 6) is 0.250. The van der Waals surface area contributed by atoms with Crippen molar-refractivity contribution < 1.29 is 4.57 Å². The van der Waals surface area contributed by atoms with Crippen molar-refractivity contribution in [2.45, 2.75) is 71.3 Å². The fraction of sp³-hybridized carbons (Fsp3) is 0.229. The number of hydrogen-bond donors (Lipinski definition) is 0. The van der Waals surface area contributed by atoms with Crippen LogP contribution in [-0.2, 0) is 11.0 Å². The van der Waals surface area contributed by atoms with Crippen molar-refractivity contribution in [2.24, 2.45) is 0 Å². The minimum Gasteiger partial charge on any atom is -0.192 e. The van der Waals surface area contributed by atoms with Gasteiger partial charge in [0.1, 0.15) is 0 Å². The Balaban J connectivity index is 1.28. The third kappa shape index (κ3) is 3.74. The quantitative estimate of drug-likeness (QED) is 0.134. The molecule has 1 aromatic heterocycles. The Kier molecular flexibility index (Phi) is 6.44. The SMILES string of the molecule is C=CC1c2ccc(-c3ccc4c(c3)-c3ccccc3C43c4cc(C)c(C)cc4-c4cc(C)c(C)cc43)cc2-c2cccc[n+]2C1(CC)CC. The second kappa shape index (κ2) is 10.5. The van der Waals surface area contributed by atoms with Gasteiger partial charge in [0.15, 0.2) is 11.7 Å². The Morgan fingerprint density at radius 1 is 0.571 bits per heavy atom. The second-order valence-electron chi connectivity index (χ2n) is 14.8. The van der Waals surface area contributed by atoms with E-state index in [1.807, 2.05) is 0 Å². The third-order valence-electron chi connectivity index (χ3n) is 12.8. The molecule has 9 rings (SSSR count). The summed E-state index contributed by atoms with van der Waals surface area (Å²) < 4.78 is 2.54. The standard InChI is InChI=1S/C48H44N/c1-8-41-36-20-18-33(28-40(36)46-17-13-14-22-49(46)47(41,9-2)10-3)34-19-21-43-39(27-34)35-15-11-12-16-42(35)48(43)44-25-31(6)29(4)23-37(44)38-24-30(5)32(7)26-45(38)48/h8,11-28,41H,1,9-10H2,2-7H3/q+1. The molecule has 1 spiro atoms. The highest BCUT2D eigenvalue weighted by Gasteiger charge is 2.52. The van der Waals surface area contributed by atoms with Crippen molar-refractivity contribution in [2.75, 3.05) is 0 Å². The lowest BCUT2D eigenvalue weighted by Gasteiger charge is -2.38. The van der Waals surface area contributed by atoms with Crippen molar-refractivity contribution >= 4 is 0 Å². The lowest BCUT2D eigenvalue weighted by molar-refractivity contribution is -0.761. The Morgan fingerprint density at radius 3 is 1.78 bits per heavy atom. The van der Waals surface area contributed by atoms with E-state index in [9.17, 15) is 0 Å². The fourth-order valence-electron chi connectivity index (χ4n) is 9.98. The zero-order valence-electron chi connectivity index (χ0n) is 29.6. The van der Waals surface area contributed by atoms with Crippen molar-refractivity contribution in [3.8, 4) is 44.6 Å². The maximum absolute atomic E-state index is 4.36. The first kappa shape index (κ1) is 30.1. The van der Waals surface area contributed by atoms with Gasteiger partial charge in [-0.2, -0.15) is 4.57 Å². The molecule has 5 aromatic carbocycles. The average Bonchev–Trinajstić information content (AvgIpc) is 3.56. The van der Waals surface area contributed by atoms with Gasteiger partial charge in [0, 0.05) is 25.0 Å². The minimum absolute atomic E-state index is 0.0138. The summed E-state index contributed by atoms with van der Waals surface area (Å²) in [6.07, 6.45) is 6.58. The van der Waals surface area contributed by atoms with Gasteiger partial charge in [0.05, 0.1) is 16.9 Å². The van der Waals surface area contributed by atoms with Gasteiger partial charge in [-0.3, -0.25) is 0 Å². The summed E-state index contributed by atoms with van der Waals surface area (Å²) >= 11 is 0. The van der Waals surface area contributed by atoms with Gasteiger partial charge >= 0.3 is 0 Å². The van der Waals surface area contributed by atoms with Gasteiger partial charge < -0.3 is 0 Å². The normalized spacial score (nSPS) is 16.7. The number of aryl methyl sites for hydroxylation is 4. The Hall–Kier alpha value is -5.01. The van der Waals surface area contributed by atoms with Crippen LogP contribution in [0.25, 0.3) is 44.6 Å². The highest BCUT2D eigenvalue weighted by molar-refractivity contribution is 5.96. The molecular weight excluding hydrogens is 591 g/mol. The molecule has 0 radical (unpaired) electrons. The molecule has 2 aliphatic carbocycles. The number of hydrogen-bond acceptors (Lipinski definition) is 0. The Morgan fingerprint density at radius 2 is 1.12 bits per heavy atom. The maximum atomic E-state index is 4.36. The van der Waals surface area contributed by atoms with Crippen LogP contribution in [0.1, 0.15) is 82.7 Å². The van der Waals surface area contributed by atoms with Gasteiger partial charge in [-0.25, -0.2) is 0 Å². The molecule has 6 aromatic rings. The summed E-state index contributed by atoms with van der Waals surface area (Å²) in [5.41, 5.74) is 22.6. The predicted molar refractivity (Wildman–Crippen MR) is 204 cm³/mol. The topological polar surface area (TPSA) is 3.88 Å². The first-order valence-corrected chi connectivity index (χ1v) is 18.0. The van der Waals surface area contributed by atoms with E-state index < -0.39 is 0 Å². The van der Waals surface area contributed by atoms with E-state index in [-0.39, 0.29) is 16.9 Å². The molecule has 0 amide bonds. The minimum atomic E-state index is -0.335. The fourth-order valence-corrected chi connectivity index (χ4v) is 9.98. The van der Waals surface area contributed by atoms with E-state index in [0.29, 0.717) is 0 Å². The van der Waals surface area contributed by atoms with Gasteiger partial charge in [0.2, 0.25) is 5.69 Å². The molecule has 0 fully saturated rings. The van der Waals surface area contributed by atoms with E-state index in [2.05, 4.69) is 168 Å². The van der Waals surface area contributed by atoms with Gasteiger partial charge in [0.25, 0.3) is 0 Å². The molecule has 0 saturated heterocycles. The van der Waals surface area contributed by atoms with E-state index >= 15 is 0 Å². The summed E-state index contributed by atoms with van der Waals surface area (Å²) in [6, 6.07) is 40.1. The zero-order valence-corrected chi connectivity index (χ0v) is 29.6. The lowest BCUT2D eigenvalue weighted by Crippen LogP contribution is -2.61. The highest BCUT2D eigenvalue weighted by Crippen LogP contribution is 2.63. The molecule has 0 bridgehead atoms. The van der Waals surface area contributed by atoms with Crippen molar-refractivity contribution in [3.63, 3.8) is 0 Å². The molecule has 1 aliphatic heterocycles. The average molecular weight is 635 g/mol. The van der Waals surface area contributed by atoms with Gasteiger partial charge in [-0.05, 0) is 129 Å². The number of rotatable bonds is 4. The Labute approximate surface area is 291 Å². The highest BCUT2D eigenvalue weighted by atomic mass is 15.1. The summed E-state index contributed by atoms with van der Waals surface area (Å²) in [5, 5.41) is 0. The van der Waals surface area contributed by atoms with Crippen LogP contribution in [0.3, 0.4) is 0 Å². The van der Waals surface area contributed by atoms with Gasteiger partial charge in [-0.1, -0.05) is 92.7 Å². The largest absolute Gasteiger partial charge is 0.213 e. The summed E-state index contributed by atoms with van der Waals surface area (Å²) in [4.78, 5) is 0. The van der Waals surface area contributed by atoms with E-state index in [1.54, 1.807) is 0 Å². The summed E-state index contributed by atoms with van der Waals surface area (Å²) in [7, 11) is 0.